The van der Waals surface area contributed by atoms with Gasteiger partial charge in [-0.25, -0.2) is 14.2 Å². The third-order valence-corrected chi connectivity index (χ3v) is 6.38. The number of hydrogen-bond donors (Lipinski definition) is 0. The third-order valence-electron chi connectivity index (χ3n) is 3.48. The van der Waals surface area contributed by atoms with Crippen molar-refractivity contribution in [3.05, 3.63) is 47.3 Å². The molecule has 150 valence electrons. The van der Waals surface area contributed by atoms with Crippen molar-refractivity contribution in [3.63, 3.8) is 0 Å². The molecule has 2 aromatic rings. The monoisotopic (exact) mass is 422 g/mol. The fourth-order valence-electron chi connectivity index (χ4n) is 2.42. The zero-order valence-corrected chi connectivity index (χ0v) is 17.8. The fraction of sp³-hybridized carbons (Fsp3) is 0.353. The predicted molar refractivity (Wildman–Crippen MR) is 111 cm³/mol. The Morgan fingerprint density at radius 2 is 1.79 bits per heavy atom. The average Bonchev–Trinajstić information content (AvgIpc) is 2.62. The molecule has 0 aliphatic carbocycles. The van der Waals surface area contributed by atoms with Crippen LogP contribution in [-0.4, -0.2) is 54.6 Å². The lowest BCUT2D eigenvalue weighted by Crippen LogP contribution is -2.17. The summed E-state index contributed by atoms with van der Waals surface area (Å²) in [6.07, 6.45) is 7.70. The van der Waals surface area contributed by atoms with Gasteiger partial charge in [0.05, 0.1) is 26.7 Å². The van der Waals surface area contributed by atoms with E-state index in [1.54, 1.807) is 6.20 Å². The van der Waals surface area contributed by atoms with Gasteiger partial charge in [-0.05, 0) is 17.9 Å². The highest BCUT2D eigenvalue weighted by Crippen LogP contribution is 2.17. The summed E-state index contributed by atoms with van der Waals surface area (Å²) in [7, 11) is -3.80. The second kappa shape index (κ2) is 8.65. The maximum Gasteiger partial charge on any atom is 0.303 e. The van der Waals surface area contributed by atoms with Crippen LogP contribution in [-0.2, 0) is 30.6 Å². The van der Waals surface area contributed by atoms with E-state index in [1.165, 1.54) is 18.8 Å². The van der Waals surface area contributed by atoms with Gasteiger partial charge in [-0.3, -0.25) is 9.59 Å². The van der Waals surface area contributed by atoms with Crippen molar-refractivity contribution >= 4 is 36.8 Å². The van der Waals surface area contributed by atoms with Crippen molar-refractivity contribution in [2.45, 2.75) is 25.4 Å². The Balaban J connectivity index is 0.000000184. The molecule has 4 rings (SSSR count). The van der Waals surface area contributed by atoms with E-state index in [-0.39, 0.29) is 11.7 Å². The smallest absolute Gasteiger partial charge is 0.266 e. The first kappa shape index (κ1) is 21.8. The standard InChI is InChI=1S/C8H9N3OS.C7H7N3O2S.C2H6/c1-13(2)5-6-3-4-9-10-7(6)8(12)11-13;1-13(12)3-6-5(7(11)10-13)2-8-4-9-6;1-2/h3-4H,1,5H2,2H3;2,4H,3H2,1H3;1-2H3. The van der Waals surface area contributed by atoms with Gasteiger partial charge < -0.3 is 0 Å². The maximum atomic E-state index is 11.5. The Morgan fingerprint density at radius 3 is 2.50 bits per heavy atom. The van der Waals surface area contributed by atoms with E-state index in [0.29, 0.717) is 17.0 Å². The molecule has 0 saturated heterocycles. The van der Waals surface area contributed by atoms with E-state index in [9.17, 15) is 13.8 Å². The maximum absolute atomic E-state index is 11.5. The summed E-state index contributed by atoms with van der Waals surface area (Å²) in [5, 5.41) is 7.41. The molecule has 2 aromatic heterocycles. The minimum Gasteiger partial charge on any atom is -0.266 e. The van der Waals surface area contributed by atoms with Gasteiger partial charge in [-0.15, -0.1) is 14.5 Å². The van der Waals surface area contributed by atoms with Gasteiger partial charge in [-0.1, -0.05) is 19.7 Å². The molecule has 0 fully saturated rings. The van der Waals surface area contributed by atoms with Crippen molar-refractivity contribution in [1.29, 1.82) is 0 Å². The van der Waals surface area contributed by atoms with Crippen LogP contribution in [0.2, 0.25) is 0 Å². The Labute approximate surface area is 164 Å². The molecule has 2 unspecified atom stereocenters. The van der Waals surface area contributed by atoms with Crippen LogP contribution < -0.4 is 0 Å². The fourth-order valence-corrected chi connectivity index (χ4v) is 5.13. The summed E-state index contributed by atoms with van der Waals surface area (Å²) in [5.41, 5.74) is 2.20. The molecule has 9 nitrogen and oxygen atoms in total. The van der Waals surface area contributed by atoms with Gasteiger partial charge in [0.25, 0.3) is 5.91 Å². The molecule has 0 saturated carbocycles. The third kappa shape index (κ3) is 5.26. The van der Waals surface area contributed by atoms with Gasteiger partial charge in [0, 0.05) is 24.4 Å². The molecule has 2 amide bonds. The molecule has 4 heterocycles. The molecule has 0 radical (unpaired) electrons. The molecule has 2 aliphatic heterocycles. The van der Waals surface area contributed by atoms with Gasteiger partial charge in [0.2, 0.25) is 0 Å². The van der Waals surface area contributed by atoms with Crippen LogP contribution >= 0.6 is 0 Å². The van der Waals surface area contributed by atoms with Crippen molar-refractivity contribution in [2.24, 2.45) is 8.73 Å². The Morgan fingerprint density at radius 1 is 1.07 bits per heavy atom. The Kier molecular flexibility index (Phi) is 6.73. The van der Waals surface area contributed by atoms with Crippen LogP contribution in [0.4, 0.5) is 0 Å². The number of rotatable bonds is 0. The van der Waals surface area contributed by atoms with Crippen LogP contribution in [0.3, 0.4) is 0 Å². The van der Waals surface area contributed by atoms with E-state index in [4.69, 9.17) is 0 Å². The van der Waals surface area contributed by atoms with E-state index in [2.05, 4.69) is 34.8 Å². The zero-order valence-electron chi connectivity index (χ0n) is 16.2. The van der Waals surface area contributed by atoms with Crippen molar-refractivity contribution < 1.29 is 13.8 Å². The summed E-state index contributed by atoms with van der Waals surface area (Å²) in [4.78, 5) is 30.3. The summed E-state index contributed by atoms with van der Waals surface area (Å²) in [6, 6.07) is 1.81. The van der Waals surface area contributed by atoms with E-state index < -0.39 is 25.0 Å². The van der Waals surface area contributed by atoms with Gasteiger partial charge >= 0.3 is 5.91 Å². The molecule has 0 spiro atoms. The van der Waals surface area contributed by atoms with Gasteiger partial charge in [0.1, 0.15) is 6.33 Å². The summed E-state index contributed by atoms with van der Waals surface area (Å²) in [5.74, 6) is 4.13. The zero-order chi connectivity index (χ0) is 20.9. The SMILES string of the molecule is C=S1(C)=NC(=O)c2nnccc2C1.CC.CS1(=O)=NC(=O)c2cncnc2C1. The minimum atomic E-state index is -2.41. The lowest BCUT2D eigenvalue weighted by molar-refractivity contribution is 0.0991. The van der Waals surface area contributed by atoms with Gasteiger partial charge in [-0.2, -0.15) is 13.8 Å². The number of carbonyl (C=O) groups excluding carboxylic acids is 2. The first-order valence-electron chi connectivity index (χ1n) is 8.37. The largest absolute Gasteiger partial charge is 0.303 e. The molecule has 2 atom stereocenters. The van der Waals surface area contributed by atoms with Crippen LogP contribution in [0.5, 0.6) is 0 Å². The molecule has 0 N–H and O–H groups in total. The molecule has 0 bridgehead atoms. The quantitative estimate of drug-likeness (QED) is 0.592. The summed E-state index contributed by atoms with van der Waals surface area (Å²) >= 11 is 0. The predicted octanol–water partition coefficient (Wildman–Crippen LogP) is 1.78. The van der Waals surface area contributed by atoms with Gasteiger partial charge in [0.15, 0.2) is 5.69 Å². The van der Waals surface area contributed by atoms with Crippen molar-refractivity contribution in [3.8, 4) is 0 Å². The van der Waals surface area contributed by atoms with Crippen LogP contribution in [0.25, 0.3) is 0 Å². The first-order valence-corrected chi connectivity index (χ1v) is 12.8. The minimum absolute atomic E-state index is 0.233. The van der Waals surface area contributed by atoms with E-state index in [0.717, 1.165) is 11.3 Å². The number of hydrogen-bond acceptors (Lipinski definition) is 7. The molecular formula is C17H22N6O3S2. The number of fused-ring (bicyclic) bond motifs is 2. The van der Waals surface area contributed by atoms with Crippen LogP contribution in [0.15, 0.2) is 33.5 Å². The Hall–Kier alpha value is -2.53. The Bertz CT molecular complexity index is 1070. The molecule has 11 heteroatoms. The van der Waals surface area contributed by atoms with Crippen molar-refractivity contribution in [2.75, 3.05) is 12.5 Å². The topological polar surface area (TPSA) is 127 Å². The molecule has 2 aliphatic rings. The average molecular weight is 423 g/mol. The highest BCUT2D eigenvalue weighted by molar-refractivity contribution is 8.01. The molecule has 0 aromatic carbocycles. The van der Waals surface area contributed by atoms with Crippen LogP contribution in [0.1, 0.15) is 46.0 Å². The normalized spacial score (nSPS) is 24.7. The summed E-state index contributed by atoms with van der Waals surface area (Å²) in [6.45, 7) is 4.00. The van der Waals surface area contributed by atoms with E-state index >= 15 is 0 Å². The summed E-state index contributed by atoms with van der Waals surface area (Å²) < 4.78 is 19.1. The highest BCUT2D eigenvalue weighted by atomic mass is 32.2. The molecule has 28 heavy (non-hydrogen) atoms. The van der Waals surface area contributed by atoms with Crippen LogP contribution in [0, 0.1) is 0 Å². The lowest BCUT2D eigenvalue weighted by Gasteiger charge is -2.15. The molecular weight excluding hydrogens is 400 g/mol. The second-order valence-corrected chi connectivity index (χ2v) is 11.4. The number of nitrogens with zero attached hydrogens (tertiary/aromatic N) is 6. The highest BCUT2D eigenvalue weighted by Gasteiger charge is 2.22. The first-order chi connectivity index (χ1) is 13.2. The number of carbonyl (C=O) groups is 2. The number of amides is 2. The number of aromatic nitrogens is 4. The lowest BCUT2D eigenvalue weighted by atomic mass is 10.2. The second-order valence-electron chi connectivity index (χ2n) is 6.05. The van der Waals surface area contributed by atoms with Crippen molar-refractivity contribution in [1.82, 2.24) is 20.2 Å². The van der Waals surface area contributed by atoms with E-state index in [1.807, 2.05) is 26.2 Å².